The zero-order valence-electron chi connectivity index (χ0n) is 21.9. The Morgan fingerprint density at radius 1 is 1.19 bits per heavy atom. The molecule has 1 aromatic carbocycles. The normalized spacial score (nSPS) is 17.1. The van der Waals surface area contributed by atoms with Crippen LogP contribution in [0.15, 0.2) is 24.4 Å². The molecule has 2 aromatic rings. The summed E-state index contributed by atoms with van der Waals surface area (Å²) in [5.74, 6) is 1.60. The van der Waals surface area contributed by atoms with E-state index < -0.39 is 0 Å². The van der Waals surface area contributed by atoms with Crippen LogP contribution in [-0.4, -0.2) is 79.1 Å². The van der Waals surface area contributed by atoms with Gasteiger partial charge >= 0.3 is 0 Å². The first-order valence-electron chi connectivity index (χ1n) is 12.7. The number of piperidine rings is 1. The Labute approximate surface area is 213 Å². The highest BCUT2D eigenvalue weighted by Crippen LogP contribution is 2.34. The highest BCUT2D eigenvalue weighted by atomic mass is 16.5. The van der Waals surface area contributed by atoms with E-state index in [0.717, 1.165) is 25.9 Å². The lowest BCUT2D eigenvalue weighted by atomic mass is 10.0. The van der Waals surface area contributed by atoms with E-state index in [4.69, 9.17) is 9.72 Å². The molecular formula is C26H37N7O3. The fourth-order valence-electron chi connectivity index (χ4n) is 4.59. The lowest BCUT2D eigenvalue weighted by Gasteiger charge is -2.29. The molecule has 2 aliphatic rings. The minimum Gasteiger partial charge on any atom is -0.492 e. The second kappa shape index (κ2) is 11.1. The summed E-state index contributed by atoms with van der Waals surface area (Å²) in [5, 5.41) is 6.40. The zero-order valence-corrected chi connectivity index (χ0v) is 21.9. The summed E-state index contributed by atoms with van der Waals surface area (Å²) in [6.45, 7) is 9.08. The Bertz CT molecular complexity index is 1100. The van der Waals surface area contributed by atoms with E-state index in [1.807, 2.05) is 13.0 Å². The van der Waals surface area contributed by atoms with E-state index in [1.54, 1.807) is 30.3 Å². The molecular weight excluding hydrogens is 458 g/mol. The smallest absolute Gasteiger partial charge is 0.251 e. The van der Waals surface area contributed by atoms with Gasteiger partial charge in [0, 0.05) is 37.7 Å². The van der Waals surface area contributed by atoms with Crippen LogP contribution < -0.4 is 25.2 Å². The average Bonchev–Trinajstić information content (AvgIpc) is 2.98. The van der Waals surface area contributed by atoms with Gasteiger partial charge in [0.05, 0.1) is 18.5 Å². The number of benzene rings is 1. The molecule has 194 valence electrons. The standard InChI is InChI=1S/C26H37N7O3/c1-6-36-22-15-18(25(35)28-19-9-12-31(4)13-10-19)7-8-20(22)29-26-27-16-21-24(30-26)33(17(2)3)14-11-23(34)32(21)5/h7-8,15-17,19H,6,9-14H2,1-5H3,(H,28,35)(H,27,29,30). The van der Waals surface area contributed by atoms with E-state index in [0.29, 0.717) is 54.0 Å². The van der Waals surface area contributed by atoms with Gasteiger partial charge in [0.1, 0.15) is 11.4 Å². The van der Waals surface area contributed by atoms with Crippen molar-refractivity contribution in [2.24, 2.45) is 0 Å². The Hall–Kier alpha value is -3.40. The molecule has 1 saturated heterocycles. The van der Waals surface area contributed by atoms with Gasteiger partial charge < -0.3 is 30.1 Å². The number of likely N-dealkylation sites (tertiary alicyclic amines) is 1. The van der Waals surface area contributed by atoms with Crippen LogP contribution >= 0.6 is 0 Å². The quantitative estimate of drug-likeness (QED) is 0.604. The van der Waals surface area contributed by atoms with Crippen molar-refractivity contribution < 1.29 is 14.3 Å². The van der Waals surface area contributed by atoms with E-state index >= 15 is 0 Å². The number of carbonyl (C=O) groups excluding carboxylic acids is 2. The van der Waals surface area contributed by atoms with Crippen LogP contribution in [0.3, 0.4) is 0 Å². The molecule has 2 N–H and O–H groups in total. The molecule has 4 rings (SSSR count). The molecule has 0 aliphatic carbocycles. The number of fused-ring (bicyclic) bond motifs is 1. The maximum Gasteiger partial charge on any atom is 0.251 e. The minimum absolute atomic E-state index is 0.0384. The second-order valence-electron chi connectivity index (χ2n) is 9.71. The number of nitrogens with one attached hydrogen (secondary N) is 2. The summed E-state index contributed by atoms with van der Waals surface area (Å²) in [7, 11) is 3.86. The maximum absolute atomic E-state index is 12.9. The fourth-order valence-corrected chi connectivity index (χ4v) is 4.59. The monoisotopic (exact) mass is 495 g/mol. The first-order chi connectivity index (χ1) is 17.3. The molecule has 0 spiro atoms. The molecule has 1 aromatic heterocycles. The third kappa shape index (κ3) is 5.70. The first-order valence-corrected chi connectivity index (χ1v) is 12.7. The first kappa shape index (κ1) is 25.7. The number of nitrogens with zero attached hydrogens (tertiary/aromatic N) is 5. The molecule has 0 unspecified atom stereocenters. The number of ether oxygens (including phenoxy) is 1. The van der Waals surface area contributed by atoms with E-state index in [1.165, 1.54) is 0 Å². The van der Waals surface area contributed by atoms with Crippen molar-refractivity contribution >= 4 is 35.0 Å². The molecule has 1 fully saturated rings. The number of carbonyl (C=O) groups is 2. The van der Waals surface area contributed by atoms with Gasteiger partial charge in [-0.05, 0) is 71.9 Å². The topological polar surface area (TPSA) is 103 Å². The molecule has 0 bridgehead atoms. The largest absolute Gasteiger partial charge is 0.492 e. The minimum atomic E-state index is -0.0985. The van der Waals surface area contributed by atoms with Gasteiger partial charge in [0.2, 0.25) is 11.9 Å². The molecule has 0 saturated carbocycles. The van der Waals surface area contributed by atoms with E-state index in [-0.39, 0.29) is 23.9 Å². The highest BCUT2D eigenvalue weighted by Gasteiger charge is 2.27. The summed E-state index contributed by atoms with van der Waals surface area (Å²) >= 11 is 0. The lowest BCUT2D eigenvalue weighted by molar-refractivity contribution is -0.118. The van der Waals surface area contributed by atoms with Crippen molar-refractivity contribution in [3.8, 4) is 5.75 Å². The van der Waals surface area contributed by atoms with Gasteiger partial charge in [-0.25, -0.2) is 4.98 Å². The van der Waals surface area contributed by atoms with E-state index in [9.17, 15) is 9.59 Å². The summed E-state index contributed by atoms with van der Waals surface area (Å²) in [4.78, 5) is 40.6. The fraction of sp³-hybridized carbons (Fsp3) is 0.538. The zero-order chi connectivity index (χ0) is 25.8. The molecule has 3 heterocycles. The lowest BCUT2D eigenvalue weighted by Crippen LogP contribution is -2.43. The third-order valence-electron chi connectivity index (χ3n) is 6.79. The van der Waals surface area contributed by atoms with Crippen molar-refractivity contribution in [3.05, 3.63) is 30.0 Å². The maximum atomic E-state index is 12.9. The number of hydrogen-bond acceptors (Lipinski definition) is 8. The SMILES string of the molecule is CCOc1cc(C(=O)NC2CCN(C)CC2)ccc1Nc1ncc2c(n1)N(C(C)C)CCC(=O)N2C. The Morgan fingerprint density at radius 3 is 2.64 bits per heavy atom. The number of anilines is 4. The van der Waals surface area contributed by atoms with Gasteiger partial charge in [-0.1, -0.05) is 0 Å². The molecule has 10 heteroatoms. The van der Waals surface area contributed by atoms with Crippen LogP contribution in [0.2, 0.25) is 0 Å². The van der Waals surface area contributed by atoms with Gasteiger partial charge in [-0.15, -0.1) is 0 Å². The molecule has 2 aliphatic heterocycles. The number of hydrogen-bond donors (Lipinski definition) is 2. The van der Waals surface area contributed by atoms with Crippen LogP contribution in [0.25, 0.3) is 0 Å². The van der Waals surface area contributed by atoms with Crippen LogP contribution in [-0.2, 0) is 4.79 Å². The van der Waals surface area contributed by atoms with Crippen LogP contribution in [0, 0.1) is 0 Å². The number of rotatable bonds is 7. The van der Waals surface area contributed by atoms with Crippen LogP contribution in [0.1, 0.15) is 50.4 Å². The summed E-state index contributed by atoms with van der Waals surface area (Å²) in [6.07, 6.45) is 3.99. The van der Waals surface area contributed by atoms with Crippen molar-refractivity contribution in [1.82, 2.24) is 20.2 Å². The molecule has 10 nitrogen and oxygen atoms in total. The van der Waals surface area contributed by atoms with Crippen molar-refractivity contribution in [3.63, 3.8) is 0 Å². The van der Waals surface area contributed by atoms with Gasteiger partial charge in [-0.3, -0.25) is 9.59 Å². The third-order valence-corrected chi connectivity index (χ3v) is 6.79. The molecule has 0 atom stereocenters. The van der Waals surface area contributed by atoms with Gasteiger partial charge in [-0.2, -0.15) is 4.98 Å². The second-order valence-corrected chi connectivity index (χ2v) is 9.71. The van der Waals surface area contributed by atoms with Gasteiger partial charge in [0.25, 0.3) is 5.91 Å². The molecule has 0 radical (unpaired) electrons. The number of aromatic nitrogens is 2. The summed E-state index contributed by atoms with van der Waals surface area (Å²) in [6, 6.07) is 5.72. The van der Waals surface area contributed by atoms with Crippen LogP contribution in [0.4, 0.5) is 23.1 Å². The van der Waals surface area contributed by atoms with Crippen molar-refractivity contribution in [2.75, 3.05) is 55.5 Å². The van der Waals surface area contributed by atoms with Gasteiger partial charge in [0.15, 0.2) is 5.82 Å². The Balaban J connectivity index is 1.56. The summed E-state index contributed by atoms with van der Waals surface area (Å²) < 4.78 is 5.86. The van der Waals surface area contributed by atoms with Crippen molar-refractivity contribution in [2.45, 2.75) is 52.1 Å². The molecule has 2 amide bonds. The van der Waals surface area contributed by atoms with E-state index in [2.05, 4.69) is 46.3 Å². The predicted octanol–water partition coefficient (Wildman–Crippen LogP) is 3.02. The van der Waals surface area contributed by atoms with Crippen molar-refractivity contribution in [1.29, 1.82) is 0 Å². The Kier molecular flexibility index (Phi) is 7.93. The Morgan fingerprint density at radius 2 is 1.94 bits per heavy atom. The predicted molar refractivity (Wildman–Crippen MR) is 141 cm³/mol. The summed E-state index contributed by atoms with van der Waals surface area (Å²) in [5.41, 5.74) is 1.90. The van der Waals surface area contributed by atoms with Crippen LogP contribution in [0.5, 0.6) is 5.75 Å². The number of amides is 2. The highest BCUT2D eigenvalue weighted by molar-refractivity contribution is 5.97. The molecule has 36 heavy (non-hydrogen) atoms. The average molecular weight is 496 g/mol.